The fourth-order valence-corrected chi connectivity index (χ4v) is 3.00. The Kier molecular flexibility index (Phi) is 4.68. The monoisotopic (exact) mass is 289 g/mol. The van der Waals surface area contributed by atoms with Crippen LogP contribution in [0, 0.1) is 17.7 Å². The molecule has 0 amide bonds. The SMILES string of the molecule is NC(Cc1ccccc1F)C1CCCC(C(F)(F)F)C1. The summed E-state index contributed by atoms with van der Waals surface area (Å²) in [4.78, 5) is 0. The Bertz CT molecular complexity index is 444. The Morgan fingerprint density at radius 2 is 1.90 bits per heavy atom. The molecule has 2 N–H and O–H groups in total. The van der Waals surface area contributed by atoms with Gasteiger partial charge in [0.25, 0.3) is 0 Å². The van der Waals surface area contributed by atoms with E-state index in [0.29, 0.717) is 24.8 Å². The van der Waals surface area contributed by atoms with Crippen LogP contribution in [0.25, 0.3) is 0 Å². The van der Waals surface area contributed by atoms with Crippen LogP contribution < -0.4 is 5.73 Å². The van der Waals surface area contributed by atoms with Gasteiger partial charge in [-0.3, -0.25) is 0 Å². The number of nitrogens with two attached hydrogens (primary N) is 1. The maximum absolute atomic E-state index is 13.5. The van der Waals surface area contributed by atoms with Gasteiger partial charge in [0.05, 0.1) is 5.92 Å². The quantitative estimate of drug-likeness (QED) is 0.834. The fraction of sp³-hybridized carbons (Fsp3) is 0.600. The van der Waals surface area contributed by atoms with Gasteiger partial charge in [-0.25, -0.2) is 4.39 Å². The van der Waals surface area contributed by atoms with Gasteiger partial charge in [-0.15, -0.1) is 0 Å². The van der Waals surface area contributed by atoms with Crippen molar-refractivity contribution in [2.45, 2.75) is 44.3 Å². The maximum Gasteiger partial charge on any atom is 0.391 e. The molecule has 5 heteroatoms. The molecule has 3 unspecified atom stereocenters. The summed E-state index contributed by atoms with van der Waals surface area (Å²) in [6, 6.07) is 5.87. The summed E-state index contributed by atoms with van der Waals surface area (Å²) in [5.41, 5.74) is 6.50. The highest BCUT2D eigenvalue weighted by Crippen LogP contribution is 2.41. The van der Waals surface area contributed by atoms with E-state index in [1.165, 1.54) is 6.07 Å². The molecule has 0 spiro atoms. The number of rotatable bonds is 3. The molecule has 1 aromatic rings. The van der Waals surface area contributed by atoms with Crippen molar-refractivity contribution in [2.75, 3.05) is 0 Å². The lowest BCUT2D eigenvalue weighted by Gasteiger charge is -2.33. The minimum Gasteiger partial charge on any atom is -0.327 e. The third-order valence-corrected chi connectivity index (χ3v) is 4.20. The first kappa shape index (κ1) is 15.3. The predicted molar refractivity (Wildman–Crippen MR) is 69.6 cm³/mol. The average Bonchev–Trinajstić information content (AvgIpc) is 2.40. The zero-order valence-electron chi connectivity index (χ0n) is 11.2. The van der Waals surface area contributed by atoms with Gasteiger partial charge in [0, 0.05) is 6.04 Å². The summed E-state index contributed by atoms with van der Waals surface area (Å²) >= 11 is 0. The van der Waals surface area contributed by atoms with Crippen molar-refractivity contribution in [2.24, 2.45) is 17.6 Å². The molecule has 1 saturated carbocycles. The highest BCUT2D eigenvalue weighted by Gasteiger charge is 2.43. The van der Waals surface area contributed by atoms with E-state index in [9.17, 15) is 17.6 Å². The number of hydrogen-bond acceptors (Lipinski definition) is 1. The van der Waals surface area contributed by atoms with Crippen LogP contribution in [0.2, 0.25) is 0 Å². The van der Waals surface area contributed by atoms with Crippen LogP contribution in [0.15, 0.2) is 24.3 Å². The molecule has 0 saturated heterocycles. The highest BCUT2D eigenvalue weighted by atomic mass is 19.4. The third-order valence-electron chi connectivity index (χ3n) is 4.20. The predicted octanol–water partition coefficient (Wildman–Crippen LogP) is 4.06. The van der Waals surface area contributed by atoms with Crippen LogP contribution in [0.1, 0.15) is 31.2 Å². The topological polar surface area (TPSA) is 26.0 Å². The van der Waals surface area contributed by atoms with Crippen LogP contribution in [-0.2, 0) is 6.42 Å². The Hall–Kier alpha value is -1.10. The Morgan fingerprint density at radius 1 is 1.20 bits per heavy atom. The molecule has 1 nitrogen and oxygen atoms in total. The lowest BCUT2D eigenvalue weighted by molar-refractivity contribution is -0.186. The Balaban J connectivity index is 1.99. The minimum atomic E-state index is -4.14. The number of alkyl halides is 3. The molecule has 0 bridgehead atoms. The minimum absolute atomic E-state index is 0.0686. The first-order valence-corrected chi connectivity index (χ1v) is 6.93. The van der Waals surface area contributed by atoms with E-state index in [1.807, 2.05) is 0 Å². The lowest BCUT2D eigenvalue weighted by Crippen LogP contribution is -2.39. The van der Waals surface area contributed by atoms with Crippen molar-refractivity contribution < 1.29 is 17.6 Å². The average molecular weight is 289 g/mol. The molecule has 0 heterocycles. The molecule has 20 heavy (non-hydrogen) atoms. The van der Waals surface area contributed by atoms with Gasteiger partial charge in [-0.05, 0) is 43.2 Å². The molecular formula is C15H19F4N. The molecule has 3 atom stereocenters. The Labute approximate surface area is 116 Å². The summed E-state index contributed by atoms with van der Waals surface area (Å²) in [6.45, 7) is 0. The zero-order valence-corrected chi connectivity index (χ0v) is 11.2. The second-order valence-corrected chi connectivity index (χ2v) is 5.62. The van der Waals surface area contributed by atoms with Gasteiger partial charge in [-0.1, -0.05) is 24.6 Å². The van der Waals surface area contributed by atoms with Crippen LogP contribution >= 0.6 is 0 Å². The summed E-state index contributed by atoms with van der Waals surface area (Å²) < 4.78 is 51.9. The highest BCUT2D eigenvalue weighted by molar-refractivity contribution is 5.18. The molecule has 1 aliphatic rings. The molecule has 2 rings (SSSR count). The van der Waals surface area contributed by atoms with E-state index in [2.05, 4.69) is 0 Å². The molecule has 1 aliphatic carbocycles. The van der Waals surface area contributed by atoms with E-state index in [4.69, 9.17) is 5.73 Å². The van der Waals surface area contributed by atoms with Crippen molar-refractivity contribution in [3.05, 3.63) is 35.6 Å². The summed E-state index contributed by atoms with van der Waals surface area (Å²) in [5, 5.41) is 0. The van der Waals surface area contributed by atoms with Crippen LogP contribution in [0.5, 0.6) is 0 Å². The number of halogens is 4. The molecule has 0 radical (unpaired) electrons. The lowest BCUT2D eigenvalue weighted by atomic mass is 9.76. The Morgan fingerprint density at radius 3 is 2.55 bits per heavy atom. The van der Waals surface area contributed by atoms with Gasteiger partial charge in [0.2, 0.25) is 0 Å². The van der Waals surface area contributed by atoms with E-state index in [-0.39, 0.29) is 24.6 Å². The molecule has 112 valence electrons. The summed E-state index contributed by atoms with van der Waals surface area (Å²) in [7, 11) is 0. The number of benzene rings is 1. The normalized spacial score (nSPS) is 25.4. The van der Waals surface area contributed by atoms with Crippen LogP contribution in [0.3, 0.4) is 0 Å². The van der Waals surface area contributed by atoms with E-state index in [0.717, 1.165) is 0 Å². The van der Waals surface area contributed by atoms with Gasteiger partial charge < -0.3 is 5.73 Å². The van der Waals surface area contributed by atoms with Gasteiger partial charge in [-0.2, -0.15) is 13.2 Å². The first-order valence-electron chi connectivity index (χ1n) is 6.93. The van der Waals surface area contributed by atoms with Crippen molar-refractivity contribution in [3.63, 3.8) is 0 Å². The van der Waals surface area contributed by atoms with E-state index < -0.39 is 18.1 Å². The van der Waals surface area contributed by atoms with Crippen molar-refractivity contribution in [1.29, 1.82) is 0 Å². The summed E-state index contributed by atoms with van der Waals surface area (Å²) in [5.74, 6) is -1.78. The van der Waals surface area contributed by atoms with Gasteiger partial charge >= 0.3 is 6.18 Å². The van der Waals surface area contributed by atoms with Crippen molar-refractivity contribution >= 4 is 0 Å². The molecule has 1 aromatic carbocycles. The van der Waals surface area contributed by atoms with Crippen molar-refractivity contribution in [1.82, 2.24) is 0 Å². The molecule has 1 fully saturated rings. The second-order valence-electron chi connectivity index (χ2n) is 5.62. The van der Waals surface area contributed by atoms with E-state index in [1.54, 1.807) is 18.2 Å². The van der Waals surface area contributed by atoms with Gasteiger partial charge in [0.1, 0.15) is 5.82 Å². The van der Waals surface area contributed by atoms with Crippen molar-refractivity contribution in [3.8, 4) is 0 Å². The first-order chi connectivity index (χ1) is 9.38. The standard InChI is InChI=1S/C15H19F4N/c16-13-7-2-1-4-10(13)9-14(20)11-5-3-6-12(8-11)15(17,18)19/h1-2,4,7,11-12,14H,3,5-6,8-9,20H2. The molecule has 0 aromatic heterocycles. The smallest absolute Gasteiger partial charge is 0.327 e. The second kappa shape index (κ2) is 6.12. The van der Waals surface area contributed by atoms with E-state index >= 15 is 0 Å². The molecule has 0 aliphatic heterocycles. The van der Waals surface area contributed by atoms with Crippen LogP contribution in [-0.4, -0.2) is 12.2 Å². The van der Waals surface area contributed by atoms with Crippen LogP contribution in [0.4, 0.5) is 17.6 Å². The maximum atomic E-state index is 13.5. The fourth-order valence-electron chi connectivity index (χ4n) is 3.00. The largest absolute Gasteiger partial charge is 0.391 e. The number of hydrogen-bond donors (Lipinski definition) is 1. The van der Waals surface area contributed by atoms with Gasteiger partial charge in [0.15, 0.2) is 0 Å². The molecular weight excluding hydrogens is 270 g/mol. The summed E-state index contributed by atoms with van der Waals surface area (Å²) in [6.07, 6.45) is -2.36. The zero-order chi connectivity index (χ0) is 14.8. The third kappa shape index (κ3) is 3.72.